The molecule has 0 saturated carbocycles. The molecule has 1 amide bonds. The average molecular weight is 389 g/mol. The zero-order valence-electron chi connectivity index (χ0n) is 15.7. The van der Waals surface area contributed by atoms with Gasteiger partial charge in [-0.2, -0.15) is 0 Å². The van der Waals surface area contributed by atoms with Crippen LogP contribution in [0.15, 0.2) is 64.3 Å². The van der Waals surface area contributed by atoms with Gasteiger partial charge in [0.25, 0.3) is 5.56 Å². The number of fused-ring (bicyclic) bond motifs is 3. The first-order chi connectivity index (χ1) is 14.2. The number of furan rings is 1. The van der Waals surface area contributed by atoms with E-state index in [2.05, 4.69) is 14.9 Å². The van der Waals surface area contributed by atoms with Gasteiger partial charge >= 0.3 is 0 Å². The number of hydrogen-bond donors (Lipinski definition) is 0. The maximum absolute atomic E-state index is 12.8. The Hall–Kier alpha value is -3.68. The first-order valence-electron chi connectivity index (χ1n) is 9.50. The summed E-state index contributed by atoms with van der Waals surface area (Å²) in [6.07, 6.45) is 4.96. The molecule has 8 nitrogen and oxygen atoms in total. The Labute approximate surface area is 166 Å². The number of aromatic nitrogens is 3. The van der Waals surface area contributed by atoms with E-state index in [-0.39, 0.29) is 23.6 Å². The Morgan fingerprint density at radius 1 is 1.03 bits per heavy atom. The van der Waals surface area contributed by atoms with Crippen LogP contribution in [0.5, 0.6) is 0 Å². The van der Waals surface area contributed by atoms with Crippen LogP contribution in [0, 0.1) is 0 Å². The summed E-state index contributed by atoms with van der Waals surface area (Å²) in [6, 6.07) is 11.3. The van der Waals surface area contributed by atoms with E-state index >= 15 is 0 Å². The first kappa shape index (κ1) is 17.4. The van der Waals surface area contributed by atoms with E-state index in [1.54, 1.807) is 23.4 Å². The number of hydrogen-bond acceptors (Lipinski definition) is 6. The number of carbonyl (C=O) groups is 1. The molecule has 0 spiro atoms. The molecule has 4 heterocycles. The van der Waals surface area contributed by atoms with Crippen molar-refractivity contribution >= 4 is 33.7 Å². The van der Waals surface area contributed by atoms with Gasteiger partial charge in [0.1, 0.15) is 17.6 Å². The monoisotopic (exact) mass is 389 g/mol. The van der Waals surface area contributed by atoms with Crippen LogP contribution in [-0.4, -0.2) is 51.5 Å². The van der Waals surface area contributed by atoms with Gasteiger partial charge in [-0.3, -0.25) is 19.1 Å². The minimum Gasteiger partial charge on any atom is -0.448 e. The summed E-state index contributed by atoms with van der Waals surface area (Å²) in [6.45, 7) is 2.65. The maximum Gasteiger partial charge on any atom is 0.297 e. The van der Waals surface area contributed by atoms with Crippen molar-refractivity contribution < 1.29 is 9.21 Å². The molecule has 1 saturated heterocycles. The molecule has 1 aliphatic rings. The van der Waals surface area contributed by atoms with Crippen LogP contribution < -0.4 is 10.5 Å². The number of piperazine rings is 1. The molecule has 29 heavy (non-hydrogen) atoms. The molecule has 3 aromatic heterocycles. The van der Waals surface area contributed by atoms with Gasteiger partial charge in [-0.15, -0.1) is 0 Å². The number of carbonyl (C=O) groups excluding carboxylic acids is 1. The highest BCUT2D eigenvalue weighted by atomic mass is 16.3. The molecule has 1 aliphatic heterocycles. The summed E-state index contributed by atoms with van der Waals surface area (Å²) < 4.78 is 7.00. The minimum atomic E-state index is -0.338. The van der Waals surface area contributed by atoms with E-state index in [1.165, 1.54) is 10.9 Å². The summed E-state index contributed by atoms with van der Waals surface area (Å²) >= 11 is 0. The van der Waals surface area contributed by atoms with Gasteiger partial charge in [-0.05, 0) is 24.3 Å². The van der Waals surface area contributed by atoms with E-state index < -0.39 is 0 Å². The highest BCUT2D eigenvalue weighted by Crippen LogP contribution is 2.24. The molecule has 0 atom stereocenters. The topological polar surface area (TPSA) is 84.5 Å². The minimum absolute atomic E-state index is 0.0475. The highest BCUT2D eigenvalue weighted by Gasteiger charge is 2.22. The molecule has 0 aliphatic carbocycles. The number of anilines is 1. The van der Waals surface area contributed by atoms with Crippen molar-refractivity contribution in [2.24, 2.45) is 0 Å². The zero-order chi connectivity index (χ0) is 19.8. The second-order valence-electron chi connectivity index (χ2n) is 7.03. The van der Waals surface area contributed by atoms with Gasteiger partial charge in [-0.25, -0.2) is 4.98 Å². The van der Waals surface area contributed by atoms with Crippen molar-refractivity contribution in [1.82, 2.24) is 19.4 Å². The predicted octanol–water partition coefficient (Wildman–Crippen LogP) is 1.89. The largest absolute Gasteiger partial charge is 0.448 e. The number of para-hydroxylation sites is 1. The van der Waals surface area contributed by atoms with E-state index in [9.17, 15) is 9.59 Å². The summed E-state index contributed by atoms with van der Waals surface area (Å²) in [5.74, 6) is -0.0984. The van der Waals surface area contributed by atoms with Crippen molar-refractivity contribution in [1.29, 1.82) is 0 Å². The van der Waals surface area contributed by atoms with E-state index in [4.69, 9.17) is 4.42 Å². The molecular formula is C21H19N5O3. The molecule has 5 rings (SSSR count). The predicted molar refractivity (Wildman–Crippen MR) is 109 cm³/mol. The highest BCUT2D eigenvalue weighted by molar-refractivity contribution is 6.01. The quantitative estimate of drug-likeness (QED) is 0.532. The van der Waals surface area contributed by atoms with Gasteiger partial charge in [0.05, 0.1) is 6.33 Å². The lowest BCUT2D eigenvalue weighted by Crippen LogP contribution is -2.50. The normalized spacial score (nSPS) is 14.6. The third-order valence-electron chi connectivity index (χ3n) is 5.32. The first-order valence-corrected chi connectivity index (χ1v) is 9.50. The molecule has 0 radical (unpaired) electrons. The maximum atomic E-state index is 12.8. The molecule has 1 aromatic carbocycles. The number of nitrogens with zero attached hydrogens (tertiary/aromatic N) is 5. The zero-order valence-corrected chi connectivity index (χ0v) is 15.7. The van der Waals surface area contributed by atoms with Crippen LogP contribution >= 0.6 is 0 Å². The van der Waals surface area contributed by atoms with Gasteiger partial charge < -0.3 is 14.2 Å². The third kappa shape index (κ3) is 3.12. The van der Waals surface area contributed by atoms with Crippen LogP contribution in [0.1, 0.15) is 0 Å². The second kappa shape index (κ2) is 7.05. The van der Waals surface area contributed by atoms with Crippen LogP contribution in [0.2, 0.25) is 0 Å². The average Bonchev–Trinajstić information content (AvgIpc) is 3.16. The Kier molecular flexibility index (Phi) is 4.23. The van der Waals surface area contributed by atoms with Crippen LogP contribution in [-0.2, 0) is 11.3 Å². The number of amides is 1. The SMILES string of the molecule is O=C(Cn1cnc2c(oc3ccccc32)c1=O)N1CCN(c2ccncc2)CC1. The molecule has 4 aromatic rings. The summed E-state index contributed by atoms with van der Waals surface area (Å²) in [5, 5.41) is 0.797. The molecule has 0 N–H and O–H groups in total. The number of pyridine rings is 1. The van der Waals surface area contributed by atoms with E-state index in [1.807, 2.05) is 30.3 Å². The van der Waals surface area contributed by atoms with Crippen molar-refractivity contribution in [2.75, 3.05) is 31.1 Å². The summed E-state index contributed by atoms with van der Waals surface area (Å²) in [7, 11) is 0. The Morgan fingerprint density at radius 2 is 1.79 bits per heavy atom. The molecule has 1 fully saturated rings. The van der Waals surface area contributed by atoms with Crippen LogP contribution in [0.3, 0.4) is 0 Å². The van der Waals surface area contributed by atoms with Crippen LogP contribution in [0.4, 0.5) is 5.69 Å². The Balaban J connectivity index is 1.32. The fourth-order valence-corrected chi connectivity index (χ4v) is 3.74. The van der Waals surface area contributed by atoms with Crippen molar-refractivity contribution in [3.63, 3.8) is 0 Å². The molecular weight excluding hydrogens is 370 g/mol. The molecule has 0 bridgehead atoms. The Morgan fingerprint density at radius 3 is 2.59 bits per heavy atom. The van der Waals surface area contributed by atoms with E-state index in [0.717, 1.165) is 24.2 Å². The van der Waals surface area contributed by atoms with Gasteiger partial charge in [0.15, 0.2) is 0 Å². The van der Waals surface area contributed by atoms with Gasteiger partial charge in [0, 0.05) is 49.6 Å². The van der Waals surface area contributed by atoms with Gasteiger partial charge in [-0.1, -0.05) is 12.1 Å². The smallest absolute Gasteiger partial charge is 0.297 e. The lowest BCUT2D eigenvalue weighted by atomic mass is 10.2. The Bertz CT molecular complexity index is 1240. The third-order valence-corrected chi connectivity index (χ3v) is 5.32. The van der Waals surface area contributed by atoms with Crippen molar-refractivity contribution in [2.45, 2.75) is 6.54 Å². The fourth-order valence-electron chi connectivity index (χ4n) is 3.74. The molecule has 0 unspecified atom stereocenters. The van der Waals surface area contributed by atoms with Crippen molar-refractivity contribution in [3.8, 4) is 0 Å². The lowest BCUT2D eigenvalue weighted by Gasteiger charge is -2.36. The molecule has 8 heteroatoms. The number of rotatable bonds is 3. The van der Waals surface area contributed by atoms with Crippen LogP contribution in [0.25, 0.3) is 22.1 Å². The van der Waals surface area contributed by atoms with Gasteiger partial charge in [0.2, 0.25) is 11.5 Å². The summed E-state index contributed by atoms with van der Waals surface area (Å²) in [5.41, 5.74) is 2.09. The van der Waals surface area contributed by atoms with E-state index in [0.29, 0.717) is 24.2 Å². The lowest BCUT2D eigenvalue weighted by molar-refractivity contribution is -0.132. The standard InChI is InChI=1S/C21H19N5O3/c27-18(25-11-9-24(10-12-25)15-5-7-22-8-6-15)13-26-14-23-19-16-3-1-2-4-17(16)29-20(19)21(26)28/h1-8,14H,9-13H2. The number of benzene rings is 1. The fraction of sp³-hybridized carbons (Fsp3) is 0.238. The second-order valence-corrected chi connectivity index (χ2v) is 7.03. The molecule has 146 valence electrons. The summed E-state index contributed by atoms with van der Waals surface area (Å²) in [4.78, 5) is 38.0. The van der Waals surface area contributed by atoms with Crippen molar-refractivity contribution in [3.05, 3.63) is 65.5 Å².